The van der Waals surface area contributed by atoms with Crippen LogP contribution in [0.5, 0.6) is 0 Å². The zero-order chi connectivity index (χ0) is 17.9. The van der Waals surface area contributed by atoms with E-state index in [2.05, 4.69) is 24.1 Å². The van der Waals surface area contributed by atoms with Gasteiger partial charge in [-0.2, -0.15) is 0 Å². The molecule has 3 aromatic rings. The number of aromatic nitrogens is 2. The van der Waals surface area contributed by atoms with Crippen LogP contribution in [0.3, 0.4) is 0 Å². The Kier molecular flexibility index (Phi) is 5.09. The fourth-order valence-electron chi connectivity index (χ4n) is 2.97. The predicted octanol–water partition coefficient (Wildman–Crippen LogP) is 4.01. The lowest BCUT2D eigenvalue weighted by molar-refractivity contribution is -0.122. The summed E-state index contributed by atoms with van der Waals surface area (Å²) in [5.41, 5.74) is 1.92. The first-order valence-corrected chi connectivity index (χ1v) is 8.77. The van der Waals surface area contributed by atoms with Gasteiger partial charge in [0.1, 0.15) is 5.82 Å². The summed E-state index contributed by atoms with van der Waals surface area (Å²) in [4.78, 5) is 16.7. The third-order valence-corrected chi connectivity index (χ3v) is 4.67. The third kappa shape index (κ3) is 4.20. The van der Waals surface area contributed by atoms with Gasteiger partial charge in [-0.15, -0.1) is 0 Å². The van der Waals surface area contributed by atoms with Crippen LogP contribution in [0.4, 0.5) is 0 Å². The van der Waals surface area contributed by atoms with Crippen molar-refractivity contribution in [3.05, 3.63) is 71.3 Å². The molecule has 0 saturated heterocycles. The number of carbonyl (C=O) groups excluding carboxylic acids is 1. The second-order valence-electron chi connectivity index (χ2n) is 6.84. The SMILES string of the molecule is CC(C)(CC(=O)NCCc1ncc2ccccn12)c1ccc(Cl)cc1. The topological polar surface area (TPSA) is 46.4 Å². The fourth-order valence-corrected chi connectivity index (χ4v) is 3.09. The van der Waals surface area contributed by atoms with E-state index in [9.17, 15) is 4.79 Å². The van der Waals surface area contributed by atoms with Crippen LogP contribution < -0.4 is 5.32 Å². The second kappa shape index (κ2) is 7.28. The van der Waals surface area contributed by atoms with Crippen LogP contribution in [0.1, 0.15) is 31.7 Å². The van der Waals surface area contributed by atoms with E-state index in [1.54, 1.807) is 0 Å². The Bertz CT molecular complexity index is 868. The maximum Gasteiger partial charge on any atom is 0.220 e. The highest BCUT2D eigenvalue weighted by Gasteiger charge is 2.24. The van der Waals surface area contributed by atoms with Crippen molar-refractivity contribution in [1.82, 2.24) is 14.7 Å². The van der Waals surface area contributed by atoms with Gasteiger partial charge in [0, 0.05) is 30.6 Å². The molecule has 0 unspecified atom stereocenters. The fraction of sp³-hybridized carbons (Fsp3) is 0.300. The summed E-state index contributed by atoms with van der Waals surface area (Å²) in [7, 11) is 0. The van der Waals surface area contributed by atoms with Crippen molar-refractivity contribution in [1.29, 1.82) is 0 Å². The molecule has 0 saturated carbocycles. The normalized spacial score (nSPS) is 11.6. The van der Waals surface area contributed by atoms with Crippen LogP contribution in [0.25, 0.3) is 5.52 Å². The maximum absolute atomic E-state index is 12.3. The molecule has 0 atom stereocenters. The van der Waals surface area contributed by atoms with Crippen molar-refractivity contribution >= 4 is 23.0 Å². The van der Waals surface area contributed by atoms with Gasteiger partial charge in [0.05, 0.1) is 11.7 Å². The summed E-state index contributed by atoms with van der Waals surface area (Å²) in [5, 5.41) is 3.71. The molecule has 4 nitrogen and oxygen atoms in total. The monoisotopic (exact) mass is 355 g/mol. The van der Waals surface area contributed by atoms with Crippen molar-refractivity contribution in [2.45, 2.75) is 32.1 Å². The van der Waals surface area contributed by atoms with Crippen molar-refractivity contribution < 1.29 is 4.79 Å². The Morgan fingerprint density at radius 3 is 2.72 bits per heavy atom. The van der Waals surface area contributed by atoms with Gasteiger partial charge in [0.15, 0.2) is 0 Å². The van der Waals surface area contributed by atoms with Crippen LogP contribution in [0.2, 0.25) is 5.02 Å². The molecule has 0 aliphatic rings. The molecule has 3 rings (SSSR count). The molecule has 1 aromatic carbocycles. The van der Waals surface area contributed by atoms with Crippen molar-refractivity contribution in [3.63, 3.8) is 0 Å². The average molecular weight is 356 g/mol. The largest absolute Gasteiger partial charge is 0.356 e. The van der Waals surface area contributed by atoms with Gasteiger partial charge in [-0.05, 0) is 35.2 Å². The van der Waals surface area contributed by atoms with E-state index in [1.165, 1.54) is 0 Å². The number of fused-ring (bicyclic) bond motifs is 1. The highest BCUT2D eigenvalue weighted by molar-refractivity contribution is 6.30. The van der Waals surface area contributed by atoms with Crippen molar-refractivity contribution in [3.8, 4) is 0 Å². The van der Waals surface area contributed by atoms with E-state index in [4.69, 9.17) is 11.6 Å². The van der Waals surface area contributed by atoms with E-state index in [1.807, 2.05) is 59.3 Å². The first-order valence-electron chi connectivity index (χ1n) is 8.39. The van der Waals surface area contributed by atoms with Crippen molar-refractivity contribution in [2.24, 2.45) is 0 Å². The smallest absolute Gasteiger partial charge is 0.220 e. The Hall–Kier alpha value is -2.33. The molecule has 2 aromatic heterocycles. The summed E-state index contributed by atoms with van der Waals surface area (Å²) in [6.07, 6.45) is 4.96. The summed E-state index contributed by atoms with van der Waals surface area (Å²) in [6.45, 7) is 4.71. The van der Waals surface area contributed by atoms with Crippen LogP contribution in [-0.2, 0) is 16.6 Å². The Morgan fingerprint density at radius 1 is 1.20 bits per heavy atom. The number of nitrogens with zero attached hydrogens (tertiary/aromatic N) is 2. The minimum Gasteiger partial charge on any atom is -0.356 e. The number of amides is 1. The number of pyridine rings is 1. The zero-order valence-electron chi connectivity index (χ0n) is 14.5. The van der Waals surface area contributed by atoms with E-state index >= 15 is 0 Å². The minimum atomic E-state index is -0.241. The van der Waals surface area contributed by atoms with E-state index in [-0.39, 0.29) is 11.3 Å². The Labute approximate surface area is 152 Å². The minimum absolute atomic E-state index is 0.0424. The van der Waals surface area contributed by atoms with Gasteiger partial charge >= 0.3 is 0 Å². The number of hydrogen-bond acceptors (Lipinski definition) is 2. The Balaban J connectivity index is 1.55. The third-order valence-electron chi connectivity index (χ3n) is 4.41. The van der Waals surface area contributed by atoms with Crippen LogP contribution >= 0.6 is 11.6 Å². The molecule has 130 valence electrons. The van der Waals surface area contributed by atoms with Crippen LogP contribution in [0.15, 0.2) is 54.9 Å². The Morgan fingerprint density at radius 2 is 1.96 bits per heavy atom. The highest BCUT2D eigenvalue weighted by atomic mass is 35.5. The van der Waals surface area contributed by atoms with Gasteiger partial charge < -0.3 is 9.72 Å². The lowest BCUT2D eigenvalue weighted by Gasteiger charge is -2.24. The van der Waals surface area contributed by atoms with Gasteiger partial charge in [0.25, 0.3) is 0 Å². The maximum atomic E-state index is 12.3. The molecule has 0 radical (unpaired) electrons. The van der Waals surface area contributed by atoms with Crippen LogP contribution in [0, 0.1) is 0 Å². The first kappa shape index (κ1) is 17.5. The highest BCUT2D eigenvalue weighted by Crippen LogP contribution is 2.27. The van der Waals surface area contributed by atoms with E-state index in [0.29, 0.717) is 24.4 Å². The van der Waals surface area contributed by atoms with Gasteiger partial charge in [0.2, 0.25) is 5.91 Å². The summed E-state index contributed by atoms with van der Waals surface area (Å²) >= 11 is 5.94. The molecule has 0 bridgehead atoms. The molecule has 2 heterocycles. The molecule has 25 heavy (non-hydrogen) atoms. The number of hydrogen-bond donors (Lipinski definition) is 1. The number of imidazole rings is 1. The molecular weight excluding hydrogens is 334 g/mol. The molecule has 0 fully saturated rings. The van der Waals surface area contributed by atoms with Crippen LogP contribution in [-0.4, -0.2) is 21.8 Å². The number of nitrogens with one attached hydrogen (secondary N) is 1. The van der Waals surface area contributed by atoms with Crippen molar-refractivity contribution in [2.75, 3.05) is 6.54 Å². The number of halogens is 1. The summed E-state index contributed by atoms with van der Waals surface area (Å²) in [5.74, 6) is 0.994. The standard InChI is InChI=1S/C20H22ClN3O/c1-20(2,15-6-8-16(21)9-7-15)13-19(25)22-11-10-18-23-14-17-5-3-4-12-24(17)18/h3-9,12,14H,10-11,13H2,1-2H3,(H,22,25). The van der Waals surface area contributed by atoms with Gasteiger partial charge in [-0.1, -0.05) is 43.6 Å². The number of rotatable bonds is 6. The number of carbonyl (C=O) groups is 1. The first-order chi connectivity index (χ1) is 12.0. The summed E-state index contributed by atoms with van der Waals surface area (Å²) < 4.78 is 2.05. The van der Waals surface area contributed by atoms with Gasteiger partial charge in [-0.25, -0.2) is 4.98 Å². The summed E-state index contributed by atoms with van der Waals surface area (Å²) in [6, 6.07) is 13.7. The second-order valence-corrected chi connectivity index (χ2v) is 7.27. The molecule has 0 aliphatic carbocycles. The lowest BCUT2D eigenvalue weighted by atomic mass is 9.81. The average Bonchev–Trinajstić information content (AvgIpc) is 2.98. The molecule has 5 heteroatoms. The number of benzene rings is 1. The lowest BCUT2D eigenvalue weighted by Crippen LogP contribution is -2.32. The molecule has 1 amide bonds. The molecular formula is C20H22ClN3O. The molecule has 0 spiro atoms. The molecule has 0 aliphatic heterocycles. The predicted molar refractivity (Wildman–Crippen MR) is 101 cm³/mol. The van der Waals surface area contributed by atoms with E-state index in [0.717, 1.165) is 16.9 Å². The van der Waals surface area contributed by atoms with E-state index < -0.39 is 0 Å². The zero-order valence-corrected chi connectivity index (χ0v) is 15.3. The quantitative estimate of drug-likeness (QED) is 0.726. The van der Waals surface area contributed by atoms with Gasteiger partial charge in [-0.3, -0.25) is 4.79 Å². The molecule has 1 N–H and O–H groups in total.